The van der Waals surface area contributed by atoms with Crippen LogP contribution in [-0.2, 0) is 14.3 Å². The molecule has 2 amide bonds. The first kappa shape index (κ1) is 20.4. The molecule has 2 heterocycles. The molecule has 3 rings (SSSR count). The number of rotatable bonds is 6. The SMILES string of the molecule is CCOC(=O)[C@H](C)N1C(=O)S/C(=C\c2ccc(-c3ccccc3C(=O)O)o2)C1=O. The topological polar surface area (TPSA) is 114 Å². The molecule has 0 unspecified atom stereocenters. The van der Waals surface area contributed by atoms with E-state index in [4.69, 9.17) is 9.15 Å². The number of nitrogens with zero attached hydrogens (tertiary/aromatic N) is 1. The van der Waals surface area contributed by atoms with Crippen LogP contribution in [0.25, 0.3) is 17.4 Å². The molecule has 2 aromatic rings. The van der Waals surface area contributed by atoms with E-state index < -0.39 is 29.1 Å². The summed E-state index contributed by atoms with van der Waals surface area (Å²) in [5.41, 5.74) is 0.473. The molecule has 1 saturated heterocycles. The maximum atomic E-state index is 12.6. The van der Waals surface area contributed by atoms with E-state index in [1.165, 1.54) is 19.1 Å². The van der Waals surface area contributed by atoms with Gasteiger partial charge in [0.1, 0.15) is 17.6 Å². The molecule has 0 radical (unpaired) electrons. The number of carbonyl (C=O) groups is 4. The van der Waals surface area contributed by atoms with E-state index in [2.05, 4.69) is 0 Å². The maximum absolute atomic E-state index is 12.6. The van der Waals surface area contributed by atoms with Crippen LogP contribution in [-0.4, -0.2) is 45.7 Å². The molecule has 150 valence electrons. The number of amides is 2. The van der Waals surface area contributed by atoms with Gasteiger partial charge in [-0.25, -0.2) is 9.59 Å². The van der Waals surface area contributed by atoms with E-state index in [0.29, 0.717) is 23.1 Å². The number of carboxylic acids is 1. The molecule has 1 fully saturated rings. The minimum Gasteiger partial charge on any atom is -0.478 e. The van der Waals surface area contributed by atoms with Crippen LogP contribution in [0.1, 0.15) is 30.0 Å². The summed E-state index contributed by atoms with van der Waals surface area (Å²) in [5.74, 6) is -1.79. The van der Waals surface area contributed by atoms with Crippen LogP contribution >= 0.6 is 11.8 Å². The highest BCUT2D eigenvalue weighted by molar-refractivity contribution is 8.18. The molecule has 1 aliphatic heterocycles. The van der Waals surface area contributed by atoms with Gasteiger partial charge in [0.15, 0.2) is 0 Å². The highest BCUT2D eigenvalue weighted by atomic mass is 32.2. The van der Waals surface area contributed by atoms with Gasteiger partial charge in [-0.3, -0.25) is 14.5 Å². The fourth-order valence-electron chi connectivity index (χ4n) is 2.77. The third kappa shape index (κ3) is 4.09. The fraction of sp³-hybridized carbons (Fsp3) is 0.200. The highest BCUT2D eigenvalue weighted by Crippen LogP contribution is 2.35. The smallest absolute Gasteiger partial charge is 0.336 e. The highest BCUT2D eigenvalue weighted by Gasteiger charge is 2.41. The van der Waals surface area contributed by atoms with Crippen LogP contribution in [0.2, 0.25) is 0 Å². The number of thioether (sulfide) groups is 1. The van der Waals surface area contributed by atoms with Crippen molar-refractivity contribution in [3.8, 4) is 11.3 Å². The van der Waals surface area contributed by atoms with Crippen molar-refractivity contribution in [2.45, 2.75) is 19.9 Å². The number of furan rings is 1. The lowest BCUT2D eigenvalue weighted by Gasteiger charge is -2.19. The Balaban J connectivity index is 1.86. The van der Waals surface area contributed by atoms with Crippen molar-refractivity contribution in [2.75, 3.05) is 6.61 Å². The van der Waals surface area contributed by atoms with Crippen LogP contribution in [0.4, 0.5) is 4.79 Å². The average Bonchev–Trinajstić information content (AvgIpc) is 3.26. The van der Waals surface area contributed by atoms with E-state index in [0.717, 1.165) is 4.90 Å². The first-order chi connectivity index (χ1) is 13.8. The molecule has 1 atom stereocenters. The number of carboxylic acid groups (broad SMARTS) is 1. The van der Waals surface area contributed by atoms with Crippen LogP contribution in [0, 0.1) is 0 Å². The van der Waals surface area contributed by atoms with Crippen molar-refractivity contribution in [3.05, 3.63) is 52.6 Å². The molecular weight excluding hydrogens is 398 g/mol. The van der Waals surface area contributed by atoms with Gasteiger partial charge in [0.2, 0.25) is 0 Å². The molecule has 0 aliphatic carbocycles. The molecule has 0 spiro atoms. The third-order valence-electron chi connectivity index (χ3n) is 4.16. The fourth-order valence-corrected chi connectivity index (χ4v) is 3.66. The monoisotopic (exact) mass is 415 g/mol. The summed E-state index contributed by atoms with van der Waals surface area (Å²) >= 11 is 0.690. The number of hydrogen-bond acceptors (Lipinski definition) is 7. The number of imide groups is 1. The Hall–Kier alpha value is -3.33. The Bertz CT molecular complexity index is 1020. The number of aromatic carboxylic acids is 1. The predicted octanol–water partition coefficient (Wildman–Crippen LogP) is 3.63. The average molecular weight is 415 g/mol. The van der Waals surface area contributed by atoms with Gasteiger partial charge in [-0.05, 0) is 43.8 Å². The summed E-state index contributed by atoms with van der Waals surface area (Å²) in [6.07, 6.45) is 1.38. The van der Waals surface area contributed by atoms with Crippen LogP contribution < -0.4 is 0 Å². The quantitative estimate of drug-likeness (QED) is 0.562. The first-order valence-electron chi connectivity index (χ1n) is 8.69. The van der Waals surface area contributed by atoms with Gasteiger partial charge >= 0.3 is 11.9 Å². The number of benzene rings is 1. The summed E-state index contributed by atoms with van der Waals surface area (Å²) in [6, 6.07) is 8.48. The Morgan fingerprint density at radius 2 is 1.97 bits per heavy atom. The van der Waals surface area contributed by atoms with Crippen molar-refractivity contribution in [1.29, 1.82) is 0 Å². The molecule has 0 bridgehead atoms. The summed E-state index contributed by atoms with van der Waals surface area (Å²) < 4.78 is 10.5. The first-order valence-corrected chi connectivity index (χ1v) is 9.51. The lowest BCUT2D eigenvalue weighted by molar-refractivity contribution is -0.150. The van der Waals surface area contributed by atoms with Gasteiger partial charge in [0.25, 0.3) is 11.1 Å². The molecule has 8 nitrogen and oxygen atoms in total. The third-order valence-corrected chi connectivity index (χ3v) is 5.05. The van der Waals surface area contributed by atoms with Gasteiger partial charge in [0.05, 0.1) is 17.1 Å². The van der Waals surface area contributed by atoms with Crippen molar-refractivity contribution >= 4 is 40.9 Å². The van der Waals surface area contributed by atoms with Crippen LogP contribution in [0.3, 0.4) is 0 Å². The summed E-state index contributed by atoms with van der Waals surface area (Å²) in [5, 5.41) is 8.73. The zero-order valence-corrected chi connectivity index (χ0v) is 16.4. The van der Waals surface area contributed by atoms with Gasteiger partial charge in [-0.1, -0.05) is 18.2 Å². The Morgan fingerprint density at radius 1 is 1.24 bits per heavy atom. The molecule has 1 N–H and O–H groups in total. The summed E-state index contributed by atoms with van der Waals surface area (Å²) in [7, 11) is 0. The number of ether oxygens (including phenoxy) is 1. The second-order valence-corrected chi connectivity index (χ2v) is 7.03. The van der Waals surface area contributed by atoms with Gasteiger partial charge < -0.3 is 14.3 Å². The van der Waals surface area contributed by atoms with Gasteiger partial charge in [-0.15, -0.1) is 0 Å². The van der Waals surface area contributed by atoms with Crippen LogP contribution in [0.5, 0.6) is 0 Å². The summed E-state index contributed by atoms with van der Waals surface area (Å²) in [6.45, 7) is 3.20. The Morgan fingerprint density at radius 3 is 2.66 bits per heavy atom. The van der Waals surface area contributed by atoms with E-state index in [-0.39, 0.29) is 22.8 Å². The molecule has 9 heteroatoms. The second-order valence-electron chi connectivity index (χ2n) is 6.03. The van der Waals surface area contributed by atoms with Gasteiger partial charge in [0, 0.05) is 11.6 Å². The van der Waals surface area contributed by atoms with E-state index in [1.54, 1.807) is 37.3 Å². The van der Waals surface area contributed by atoms with Crippen molar-refractivity contribution in [2.24, 2.45) is 0 Å². The number of hydrogen-bond donors (Lipinski definition) is 1. The normalized spacial score (nSPS) is 16.3. The van der Waals surface area contributed by atoms with E-state index in [9.17, 15) is 24.3 Å². The van der Waals surface area contributed by atoms with Gasteiger partial charge in [-0.2, -0.15) is 0 Å². The zero-order chi connectivity index (χ0) is 21.1. The lowest BCUT2D eigenvalue weighted by Crippen LogP contribution is -2.42. The largest absolute Gasteiger partial charge is 0.478 e. The minimum absolute atomic E-state index is 0.0805. The molecule has 1 aromatic heterocycles. The predicted molar refractivity (Wildman–Crippen MR) is 105 cm³/mol. The number of carbonyl (C=O) groups excluding carboxylic acids is 3. The van der Waals surface area contributed by atoms with Crippen molar-refractivity contribution in [3.63, 3.8) is 0 Å². The lowest BCUT2D eigenvalue weighted by atomic mass is 10.1. The molecular formula is C20H17NO7S. The van der Waals surface area contributed by atoms with Crippen molar-refractivity contribution < 1.29 is 33.4 Å². The standard InChI is InChI=1S/C20H17NO7S/c1-3-27-19(25)11(2)21-17(22)16(29-20(21)26)10-12-8-9-15(28-12)13-6-4-5-7-14(13)18(23)24/h4-11H,3H2,1-2H3,(H,23,24)/b16-10-/t11-/m0/s1. The van der Waals surface area contributed by atoms with E-state index in [1.807, 2.05) is 0 Å². The second kappa shape index (κ2) is 8.36. The zero-order valence-electron chi connectivity index (χ0n) is 15.6. The Kier molecular flexibility index (Phi) is 5.88. The summed E-state index contributed by atoms with van der Waals surface area (Å²) in [4.78, 5) is 49.0. The minimum atomic E-state index is -1.09. The maximum Gasteiger partial charge on any atom is 0.336 e. The number of esters is 1. The van der Waals surface area contributed by atoms with E-state index >= 15 is 0 Å². The molecule has 1 aliphatic rings. The molecule has 29 heavy (non-hydrogen) atoms. The molecule has 0 saturated carbocycles. The molecule has 1 aromatic carbocycles. The van der Waals surface area contributed by atoms with Crippen molar-refractivity contribution in [1.82, 2.24) is 4.90 Å². The Labute approximate surface area is 170 Å². The van der Waals surface area contributed by atoms with Crippen LogP contribution in [0.15, 0.2) is 45.7 Å².